The number of carbonyl (C=O) groups excluding carboxylic acids is 2. The second kappa shape index (κ2) is 7.55. The van der Waals surface area contributed by atoms with Gasteiger partial charge in [0, 0.05) is 17.8 Å². The molecule has 0 unspecified atom stereocenters. The highest BCUT2D eigenvalue weighted by molar-refractivity contribution is 5.96. The minimum atomic E-state index is -0.435. The van der Waals surface area contributed by atoms with Gasteiger partial charge in [-0.3, -0.25) is 9.59 Å². The van der Waals surface area contributed by atoms with E-state index in [1.54, 1.807) is 31.2 Å². The monoisotopic (exact) mass is 272 g/mol. The van der Waals surface area contributed by atoms with Crippen molar-refractivity contribution >= 4 is 30.0 Å². The van der Waals surface area contributed by atoms with Crippen molar-refractivity contribution in [1.82, 2.24) is 4.90 Å². The molecule has 0 bridgehead atoms. The van der Waals surface area contributed by atoms with E-state index in [0.717, 1.165) is 0 Å². The summed E-state index contributed by atoms with van der Waals surface area (Å²) in [5.74, 6) is -0.645. The van der Waals surface area contributed by atoms with E-state index in [2.05, 4.69) is 4.74 Å². The fraction of sp³-hybridized carbons (Fsp3) is 0.333. The highest BCUT2D eigenvalue weighted by Crippen LogP contribution is 2.08. The van der Waals surface area contributed by atoms with Gasteiger partial charge in [0.15, 0.2) is 0 Å². The van der Waals surface area contributed by atoms with E-state index >= 15 is 0 Å². The van der Waals surface area contributed by atoms with Crippen molar-refractivity contribution < 1.29 is 14.3 Å². The lowest BCUT2D eigenvalue weighted by molar-refractivity contribution is -0.141. The van der Waals surface area contributed by atoms with Crippen LogP contribution in [0.5, 0.6) is 0 Å². The average Bonchev–Trinajstić information content (AvgIpc) is 2.35. The molecule has 0 fully saturated rings. The summed E-state index contributed by atoms with van der Waals surface area (Å²) in [6, 6.07) is 6.58. The predicted molar refractivity (Wildman–Crippen MR) is 71.7 cm³/mol. The zero-order valence-corrected chi connectivity index (χ0v) is 11.2. The van der Waals surface area contributed by atoms with Gasteiger partial charge >= 0.3 is 5.97 Å². The van der Waals surface area contributed by atoms with Gasteiger partial charge in [-0.25, -0.2) is 0 Å². The van der Waals surface area contributed by atoms with E-state index in [4.69, 9.17) is 5.73 Å². The SMILES string of the molecule is CCN(CC(=O)OC)C(=O)c1ccc(N)cc1.Cl. The summed E-state index contributed by atoms with van der Waals surface area (Å²) in [7, 11) is 1.30. The van der Waals surface area contributed by atoms with E-state index in [9.17, 15) is 9.59 Å². The number of hydrogen-bond donors (Lipinski definition) is 1. The van der Waals surface area contributed by atoms with Crippen LogP contribution < -0.4 is 5.73 Å². The smallest absolute Gasteiger partial charge is 0.325 e. The van der Waals surface area contributed by atoms with E-state index in [1.807, 2.05) is 0 Å². The van der Waals surface area contributed by atoms with Crippen LogP contribution in [-0.2, 0) is 9.53 Å². The number of rotatable bonds is 4. The number of carbonyl (C=O) groups is 2. The zero-order valence-electron chi connectivity index (χ0n) is 10.4. The van der Waals surface area contributed by atoms with E-state index in [1.165, 1.54) is 12.0 Å². The van der Waals surface area contributed by atoms with Crippen LogP contribution in [0.4, 0.5) is 5.69 Å². The first-order valence-corrected chi connectivity index (χ1v) is 5.30. The maximum atomic E-state index is 12.0. The Bertz CT molecular complexity index is 406. The van der Waals surface area contributed by atoms with Gasteiger partial charge in [0.1, 0.15) is 6.54 Å². The molecule has 0 radical (unpaired) electrons. The minimum absolute atomic E-state index is 0. The summed E-state index contributed by atoms with van der Waals surface area (Å²) >= 11 is 0. The number of halogens is 1. The second-order valence-corrected chi connectivity index (χ2v) is 3.52. The summed E-state index contributed by atoms with van der Waals surface area (Å²) < 4.78 is 4.53. The molecule has 2 N–H and O–H groups in total. The van der Waals surface area contributed by atoms with Gasteiger partial charge in [-0.05, 0) is 31.2 Å². The second-order valence-electron chi connectivity index (χ2n) is 3.52. The van der Waals surface area contributed by atoms with Crippen LogP contribution in [0.3, 0.4) is 0 Å². The number of nitrogens with two attached hydrogens (primary N) is 1. The average molecular weight is 273 g/mol. The van der Waals surface area contributed by atoms with Crippen molar-refractivity contribution in [2.75, 3.05) is 25.9 Å². The third-order valence-electron chi connectivity index (χ3n) is 2.37. The van der Waals surface area contributed by atoms with Crippen LogP contribution in [0, 0.1) is 0 Å². The lowest BCUT2D eigenvalue weighted by Gasteiger charge is -2.19. The maximum Gasteiger partial charge on any atom is 0.325 e. The van der Waals surface area contributed by atoms with Crippen LogP contribution in [-0.4, -0.2) is 37.0 Å². The largest absolute Gasteiger partial charge is 0.468 e. The number of ether oxygens (including phenoxy) is 1. The summed E-state index contributed by atoms with van der Waals surface area (Å²) in [5.41, 5.74) is 6.64. The van der Waals surface area contributed by atoms with E-state index in [-0.39, 0.29) is 24.9 Å². The fourth-order valence-electron chi connectivity index (χ4n) is 1.36. The quantitative estimate of drug-likeness (QED) is 0.663. The summed E-state index contributed by atoms with van der Waals surface area (Å²) in [6.07, 6.45) is 0. The first kappa shape index (κ1) is 16.2. The minimum Gasteiger partial charge on any atom is -0.468 e. The Kier molecular flexibility index (Phi) is 6.82. The zero-order chi connectivity index (χ0) is 12.8. The number of esters is 1. The molecule has 0 saturated heterocycles. The molecule has 100 valence electrons. The van der Waals surface area contributed by atoms with Crippen LogP contribution in [0.15, 0.2) is 24.3 Å². The van der Waals surface area contributed by atoms with Crippen LogP contribution in [0.2, 0.25) is 0 Å². The normalized spacial score (nSPS) is 9.22. The number of nitrogen functional groups attached to an aromatic ring is 1. The topological polar surface area (TPSA) is 72.6 Å². The van der Waals surface area contributed by atoms with Gasteiger partial charge < -0.3 is 15.4 Å². The molecule has 1 aromatic carbocycles. The van der Waals surface area contributed by atoms with Crippen molar-refractivity contribution in [3.05, 3.63) is 29.8 Å². The Morgan fingerprint density at radius 3 is 2.28 bits per heavy atom. The van der Waals surface area contributed by atoms with Crippen molar-refractivity contribution in [3.63, 3.8) is 0 Å². The number of methoxy groups -OCH3 is 1. The molecule has 0 aliphatic heterocycles. The molecule has 18 heavy (non-hydrogen) atoms. The molecule has 1 aromatic rings. The molecule has 0 atom stereocenters. The van der Waals surface area contributed by atoms with Gasteiger partial charge in [0.05, 0.1) is 7.11 Å². The maximum absolute atomic E-state index is 12.0. The van der Waals surface area contributed by atoms with Gasteiger partial charge in [0.2, 0.25) is 0 Å². The molecule has 0 spiro atoms. The van der Waals surface area contributed by atoms with Gasteiger partial charge in [-0.15, -0.1) is 12.4 Å². The number of benzene rings is 1. The summed E-state index contributed by atoms with van der Waals surface area (Å²) in [5, 5.41) is 0. The fourth-order valence-corrected chi connectivity index (χ4v) is 1.36. The number of anilines is 1. The Morgan fingerprint density at radius 2 is 1.83 bits per heavy atom. The standard InChI is InChI=1S/C12H16N2O3.ClH/c1-3-14(8-11(15)17-2)12(16)9-4-6-10(13)7-5-9;/h4-7H,3,8,13H2,1-2H3;1H. The molecule has 0 aromatic heterocycles. The number of likely N-dealkylation sites (N-methyl/N-ethyl adjacent to an activating group) is 1. The lowest BCUT2D eigenvalue weighted by atomic mass is 10.2. The Morgan fingerprint density at radius 1 is 1.28 bits per heavy atom. The summed E-state index contributed by atoms with van der Waals surface area (Å²) in [4.78, 5) is 24.6. The molecular formula is C12H17ClN2O3. The highest BCUT2D eigenvalue weighted by Gasteiger charge is 2.17. The van der Waals surface area contributed by atoms with E-state index in [0.29, 0.717) is 17.8 Å². The third kappa shape index (κ3) is 4.25. The molecule has 1 rings (SSSR count). The lowest BCUT2D eigenvalue weighted by Crippen LogP contribution is -2.36. The van der Waals surface area contributed by atoms with Gasteiger partial charge in [-0.1, -0.05) is 0 Å². The molecule has 5 nitrogen and oxygen atoms in total. The third-order valence-corrected chi connectivity index (χ3v) is 2.37. The Balaban J connectivity index is 0.00000289. The predicted octanol–water partition coefficient (Wildman–Crippen LogP) is 1.33. The van der Waals surface area contributed by atoms with Crippen molar-refractivity contribution in [2.45, 2.75) is 6.92 Å². The molecule has 1 amide bonds. The van der Waals surface area contributed by atoms with Crippen LogP contribution >= 0.6 is 12.4 Å². The van der Waals surface area contributed by atoms with Crippen molar-refractivity contribution in [1.29, 1.82) is 0 Å². The molecule has 0 saturated carbocycles. The Hall–Kier alpha value is -1.75. The first-order valence-electron chi connectivity index (χ1n) is 5.30. The van der Waals surface area contributed by atoms with Crippen molar-refractivity contribution in [3.8, 4) is 0 Å². The number of hydrogen-bond acceptors (Lipinski definition) is 4. The van der Waals surface area contributed by atoms with Gasteiger partial charge in [0.25, 0.3) is 5.91 Å². The van der Waals surface area contributed by atoms with E-state index < -0.39 is 5.97 Å². The Labute approximate surface area is 112 Å². The summed E-state index contributed by atoms with van der Waals surface area (Å²) in [6.45, 7) is 2.20. The first-order chi connectivity index (χ1) is 8.08. The van der Waals surface area contributed by atoms with Crippen LogP contribution in [0.25, 0.3) is 0 Å². The van der Waals surface area contributed by atoms with Crippen LogP contribution in [0.1, 0.15) is 17.3 Å². The molecule has 6 heteroatoms. The number of nitrogens with zero attached hydrogens (tertiary/aromatic N) is 1. The number of amides is 1. The molecule has 0 aliphatic rings. The highest BCUT2D eigenvalue weighted by atomic mass is 35.5. The molecule has 0 aliphatic carbocycles. The molecular weight excluding hydrogens is 256 g/mol. The van der Waals surface area contributed by atoms with Gasteiger partial charge in [-0.2, -0.15) is 0 Å². The molecule has 0 heterocycles. The van der Waals surface area contributed by atoms with Crippen molar-refractivity contribution in [2.24, 2.45) is 0 Å².